The van der Waals surface area contributed by atoms with E-state index in [2.05, 4.69) is 19.2 Å². The van der Waals surface area contributed by atoms with Gasteiger partial charge >= 0.3 is 0 Å². The van der Waals surface area contributed by atoms with Gasteiger partial charge < -0.3 is 10.1 Å². The summed E-state index contributed by atoms with van der Waals surface area (Å²) >= 11 is 17.5. The van der Waals surface area contributed by atoms with E-state index in [-0.39, 0.29) is 6.61 Å². The molecule has 0 saturated heterocycles. The van der Waals surface area contributed by atoms with E-state index in [1.807, 2.05) is 12.1 Å². The molecule has 5 heteroatoms. The van der Waals surface area contributed by atoms with E-state index in [0.29, 0.717) is 28.3 Å². The number of ether oxygens (including phenoxy) is 1. The Morgan fingerprint density at radius 1 is 1.42 bits per heavy atom. The predicted molar refractivity (Wildman–Crippen MR) is 83.3 cm³/mol. The average molecular weight is 323 g/mol. The van der Waals surface area contributed by atoms with Crippen LogP contribution in [0.2, 0.25) is 5.02 Å². The van der Waals surface area contributed by atoms with Crippen LogP contribution in [0.4, 0.5) is 0 Å². The maximum atomic E-state index is 6.15. The van der Waals surface area contributed by atoms with E-state index in [9.17, 15) is 0 Å². The van der Waals surface area contributed by atoms with Gasteiger partial charge in [0, 0.05) is 17.6 Å². The molecule has 0 saturated carbocycles. The largest absolute Gasteiger partial charge is 0.486 e. The molecule has 106 valence electrons. The van der Waals surface area contributed by atoms with Crippen LogP contribution < -0.4 is 10.1 Å². The number of para-hydroxylation sites is 1. The first-order valence-corrected chi connectivity index (χ1v) is 7.29. The van der Waals surface area contributed by atoms with Crippen LogP contribution in [0.1, 0.15) is 19.4 Å². The highest BCUT2D eigenvalue weighted by molar-refractivity contribution is 6.36. The van der Waals surface area contributed by atoms with Crippen molar-refractivity contribution in [2.75, 3.05) is 13.2 Å². The smallest absolute Gasteiger partial charge is 0.142 e. The Hall–Kier alpha value is -0.410. The number of halogens is 3. The lowest BCUT2D eigenvalue weighted by Crippen LogP contribution is -2.19. The molecule has 0 radical (unpaired) electrons. The van der Waals surface area contributed by atoms with E-state index in [0.717, 1.165) is 12.1 Å². The van der Waals surface area contributed by atoms with E-state index in [1.165, 1.54) is 5.54 Å². The molecule has 0 aliphatic heterocycles. The number of hydrogen-bond donors (Lipinski definition) is 1. The molecular formula is C14H18Cl3NO. The first-order chi connectivity index (χ1) is 9.04. The molecule has 2 nitrogen and oxygen atoms in total. The van der Waals surface area contributed by atoms with Crippen LogP contribution in [-0.2, 0) is 6.54 Å². The Balaban J connectivity index is 2.71. The summed E-state index contributed by atoms with van der Waals surface area (Å²) in [6, 6.07) is 5.68. The third kappa shape index (κ3) is 6.05. The second-order valence-electron chi connectivity index (χ2n) is 4.60. The summed E-state index contributed by atoms with van der Waals surface area (Å²) in [5, 5.41) is 4.36. The maximum absolute atomic E-state index is 6.15. The Labute approximate surface area is 129 Å². The van der Waals surface area contributed by atoms with E-state index < -0.39 is 0 Å². The summed E-state index contributed by atoms with van der Waals surface area (Å²) in [5.41, 5.74) is 2.29. The summed E-state index contributed by atoms with van der Waals surface area (Å²) < 4.78 is 5.62. The molecule has 0 aliphatic rings. The second kappa shape index (κ2) is 8.70. The minimum atomic E-state index is 0.214. The van der Waals surface area contributed by atoms with Crippen molar-refractivity contribution in [2.45, 2.75) is 20.4 Å². The van der Waals surface area contributed by atoms with Crippen LogP contribution in [-0.4, -0.2) is 13.2 Å². The number of hydrogen-bond acceptors (Lipinski definition) is 2. The third-order valence-electron chi connectivity index (χ3n) is 2.39. The van der Waals surface area contributed by atoms with Gasteiger partial charge in [-0.05, 0) is 18.5 Å². The van der Waals surface area contributed by atoms with Gasteiger partial charge in [-0.3, -0.25) is 0 Å². The fourth-order valence-electron chi connectivity index (χ4n) is 1.52. The molecule has 0 spiro atoms. The van der Waals surface area contributed by atoms with Gasteiger partial charge in [-0.25, -0.2) is 0 Å². The quantitative estimate of drug-likeness (QED) is 0.779. The van der Waals surface area contributed by atoms with Gasteiger partial charge in [0.1, 0.15) is 12.4 Å². The van der Waals surface area contributed by atoms with Crippen molar-refractivity contribution in [2.24, 2.45) is 5.92 Å². The van der Waals surface area contributed by atoms with Crippen molar-refractivity contribution in [3.63, 3.8) is 0 Å². The van der Waals surface area contributed by atoms with E-state index in [1.54, 1.807) is 6.07 Å². The predicted octanol–water partition coefficient (Wildman–Crippen LogP) is 4.78. The van der Waals surface area contributed by atoms with Gasteiger partial charge in [-0.15, -0.1) is 0 Å². The zero-order valence-corrected chi connectivity index (χ0v) is 13.3. The minimum absolute atomic E-state index is 0.214. The zero-order chi connectivity index (χ0) is 14.3. The van der Waals surface area contributed by atoms with Gasteiger partial charge in [0.05, 0.1) is 10.1 Å². The van der Waals surface area contributed by atoms with Gasteiger partial charge in [-0.2, -0.15) is 0 Å². The first kappa shape index (κ1) is 16.6. The molecule has 1 N–H and O–H groups in total. The number of benzene rings is 1. The highest BCUT2D eigenvalue weighted by Crippen LogP contribution is 2.29. The molecule has 0 unspecified atom stereocenters. The fourth-order valence-corrected chi connectivity index (χ4v) is 1.89. The lowest BCUT2D eigenvalue weighted by atomic mass is 10.2. The summed E-state index contributed by atoms with van der Waals surface area (Å²) in [7, 11) is 0. The summed E-state index contributed by atoms with van der Waals surface area (Å²) in [4.78, 5) is 0. The van der Waals surface area contributed by atoms with Crippen molar-refractivity contribution in [1.82, 2.24) is 5.32 Å². The van der Waals surface area contributed by atoms with Crippen LogP contribution in [0.25, 0.3) is 0 Å². The molecule has 1 rings (SSSR count). The standard InChI is InChI=1S/C14H18Cl3NO/c1-10(2)7-18-8-11-4-3-5-13(17)14(11)19-9-12(16)6-15/h3-6,10,18H,7-9H2,1-2H3/b12-6-. The Morgan fingerprint density at radius 3 is 2.79 bits per heavy atom. The van der Waals surface area contributed by atoms with Crippen LogP contribution in [0.5, 0.6) is 5.75 Å². The van der Waals surface area contributed by atoms with Crippen molar-refractivity contribution < 1.29 is 4.74 Å². The molecule has 0 aromatic heterocycles. The Bertz CT molecular complexity index is 433. The number of rotatable bonds is 7. The lowest BCUT2D eigenvalue weighted by molar-refractivity contribution is 0.354. The highest BCUT2D eigenvalue weighted by Gasteiger charge is 2.09. The van der Waals surface area contributed by atoms with E-state index in [4.69, 9.17) is 39.5 Å². The second-order valence-corrected chi connectivity index (χ2v) is 5.71. The van der Waals surface area contributed by atoms with Crippen LogP contribution in [0.3, 0.4) is 0 Å². The normalized spacial score (nSPS) is 12.0. The Kier molecular flexibility index (Phi) is 7.62. The van der Waals surface area contributed by atoms with Gasteiger partial charge in [0.15, 0.2) is 0 Å². The van der Waals surface area contributed by atoms with Gasteiger partial charge in [0.2, 0.25) is 0 Å². The Morgan fingerprint density at radius 2 is 2.16 bits per heavy atom. The van der Waals surface area contributed by atoms with Crippen molar-refractivity contribution in [1.29, 1.82) is 0 Å². The fraction of sp³-hybridized carbons (Fsp3) is 0.429. The van der Waals surface area contributed by atoms with Crippen LogP contribution in [0.15, 0.2) is 28.8 Å². The monoisotopic (exact) mass is 321 g/mol. The molecule has 0 heterocycles. The molecule has 0 atom stereocenters. The molecule has 0 aliphatic carbocycles. The third-order valence-corrected chi connectivity index (χ3v) is 3.28. The van der Waals surface area contributed by atoms with Crippen molar-refractivity contribution in [3.8, 4) is 5.75 Å². The lowest BCUT2D eigenvalue weighted by Gasteiger charge is -2.14. The molecule has 0 fully saturated rings. The van der Waals surface area contributed by atoms with Gasteiger partial charge in [-0.1, -0.05) is 60.8 Å². The molecule has 1 aromatic rings. The molecule has 19 heavy (non-hydrogen) atoms. The first-order valence-electron chi connectivity index (χ1n) is 6.10. The van der Waals surface area contributed by atoms with Crippen molar-refractivity contribution in [3.05, 3.63) is 39.4 Å². The summed E-state index contributed by atoms with van der Waals surface area (Å²) in [6.07, 6.45) is 0. The minimum Gasteiger partial charge on any atom is -0.486 e. The topological polar surface area (TPSA) is 21.3 Å². The highest BCUT2D eigenvalue weighted by atomic mass is 35.5. The van der Waals surface area contributed by atoms with E-state index >= 15 is 0 Å². The maximum Gasteiger partial charge on any atom is 0.142 e. The van der Waals surface area contributed by atoms with Gasteiger partial charge in [0.25, 0.3) is 0 Å². The number of nitrogens with one attached hydrogen (secondary N) is 1. The molecule has 1 aromatic carbocycles. The van der Waals surface area contributed by atoms with Crippen LogP contribution >= 0.6 is 34.8 Å². The average Bonchev–Trinajstić information content (AvgIpc) is 2.37. The van der Waals surface area contributed by atoms with Crippen LogP contribution in [0, 0.1) is 5.92 Å². The molecule has 0 bridgehead atoms. The molecule has 0 amide bonds. The summed E-state index contributed by atoms with van der Waals surface area (Å²) in [6.45, 7) is 6.18. The molecular weight excluding hydrogens is 305 g/mol. The summed E-state index contributed by atoms with van der Waals surface area (Å²) in [5.74, 6) is 1.24. The van der Waals surface area contributed by atoms with Crippen molar-refractivity contribution >= 4 is 34.8 Å². The zero-order valence-electron chi connectivity index (χ0n) is 11.1. The SMILES string of the molecule is CC(C)CNCc1cccc(Cl)c1OC/C(Cl)=C/Cl.